The SMILES string of the molecule is CCCCCCCOc1ccc([C@H]2Oc3ccc(Br)cc3[C@@H]3CC(c4ccc(C)cc4)=NN23)cc1. The summed E-state index contributed by atoms with van der Waals surface area (Å²) in [4.78, 5) is 0. The molecule has 0 aromatic heterocycles. The molecule has 0 amide bonds. The standard InChI is InChI=1S/C30H33BrN2O2/c1-3-4-5-6-7-18-34-25-15-12-23(13-16-25)30-33-28(26-19-24(31)14-17-29(26)35-30)20-27(32-33)22-10-8-21(2)9-11-22/h8-17,19,28,30H,3-7,18,20H2,1-2H3/t28-,30+/m0/s1. The molecule has 5 rings (SSSR count). The quantitative estimate of drug-likeness (QED) is 0.259. The van der Waals surface area contributed by atoms with Gasteiger partial charge < -0.3 is 9.47 Å². The summed E-state index contributed by atoms with van der Waals surface area (Å²) in [6, 6.07) is 23.3. The predicted octanol–water partition coefficient (Wildman–Crippen LogP) is 8.35. The molecule has 0 fully saturated rings. The van der Waals surface area contributed by atoms with Crippen LogP contribution >= 0.6 is 15.9 Å². The van der Waals surface area contributed by atoms with E-state index in [0.717, 1.165) is 46.7 Å². The molecular formula is C30H33BrN2O2. The fraction of sp³-hybridized carbons (Fsp3) is 0.367. The van der Waals surface area contributed by atoms with E-state index < -0.39 is 0 Å². The molecule has 182 valence electrons. The zero-order chi connectivity index (χ0) is 24.2. The van der Waals surface area contributed by atoms with Gasteiger partial charge in [-0.05, 0) is 61.4 Å². The number of aryl methyl sites for hydroxylation is 1. The molecule has 0 bridgehead atoms. The van der Waals surface area contributed by atoms with Crippen molar-refractivity contribution in [1.82, 2.24) is 5.01 Å². The molecule has 0 saturated carbocycles. The van der Waals surface area contributed by atoms with E-state index in [0.29, 0.717) is 0 Å². The monoisotopic (exact) mass is 532 g/mol. The number of hydrogen-bond donors (Lipinski definition) is 0. The maximum absolute atomic E-state index is 6.52. The van der Waals surface area contributed by atoms with Gasteiger partial charge in [-0.15, -0.1) is 0 Å². The minimum atomic E-state index is -0.278. The first-order valence-electron chi connectivity index (χ1n) is 12.7. The van der Waals surface area contributed by atoms with Crippen LogP contribution in [0.2, 0.25) is 0 Å². The van der Waals surface area contributed by atoms with Gasteiger partial charge in [0, 0.05) is 22.0 Å². The van der Waals surface area contributed by atoms with Gasteiger partial charge in [0.15, 0.2) is 0 Å². The second kappa shape index (κ2) is 10.9. The molecule has 0 spiro atoms. The van der Waals surface area contributed by atoms with Gasteiger partial charge in [-0.25, -0.2) is 5.01 Å². The Morgan fingerprint density at radius 1 is 0.971 bits per heavy atom. The third-order valence-corrected chi connectivity index (χ3v) is 7.31. The first-order valence-corrected chi connectivity index (χ1v) is 13.5. The van der Waals surface area contributed by atoms with Crippen molar-refractivity contribution in [3.05, 3.63) is 93.5 Å². The smallest absolute Gasteiger partial charge is 0.213 e. The van der Waals surface area contributed by atoms with E-state index in [9.17, 15) is 0 Å². The zero-order valence-electron chi connectivity index (χ0n) is 20.5. The molecule has 0 N–H and O–H groups in total. The molecule has 35 heavy (non-hydrogen) atoms. The Morgan fingerprint density at radius 2 is 1.74 bits per heavy atom. The minimum absolute atomic E-state index is 0.136. The number of benzene rings is 3. The van der Waals surface area contributed by atoms with Gasteiger partial charge in [-0.2, -0.15) is 5.10 Å². The lowest BCUT2D eigenvalue weighted by molar-refractivity contribution is -0.0191. The normalized spacial score (nSPS) is 18.5. The molecule has 2 aliphatic heterocycles. The van der Waals surface area contributed by atoms with Crippen LogP contribution in [0.1, 0.15) is 80.0 Å². The third kappa shape index (κ3) is 5.40. The predicted molar refractivity (Wildman–Crippen MR) is 145 cm³/mol. The molecule has 0 aliphatic carbocycles. The highest BCUT2D eigenvalue weighted by Gasteiger charge is 2.41. The van der Waals surface area contributed by atoms with Crippen molar-refractivity contribution in [3.8, 4) is 11.5 Å². The number of nitrogens with zero attached hydrogens (tertiary/aromatic N) is 2. The number of rotatable bonds is 9. The Bertz CT molecular complexity index is 1170. The second-order valence-corrected chi connectivity index (χ2v) is 10.4. The van der Waals surface area contributed by atoms with Crippen LogP contribution in [0.15, 0.2) is 76.3 Å². The first-order chi connectivity index (χ1) is 17.1. The molecule has 5 heteroatoms. The van der Waals surface area contributed by atoms with Crippen LogP contribution in [-0.4, -0.2) is 17.3 Å². The molecule has 4 nitrogen and oxygen atoms in total. The fourth-order valence-electron chi connectivity index (χ4n) is 4.82. The Hall–Kier alpha value is -2.79. The zero-order valence-corrected chi connectivity index (χ0v) is 22.1. The lowest BCUT2D eigenvalue weighted by Gasteiger charge is -2.38. The van der Waals surface area contributed by atoms with Crippen LogP contribution in [-0.2, 0) is 0 Å². The number of unbranched alkanes of at least 4 members (excludes halogenated alkanes) is 4. The maximum Gasteiger partial charge on any atom is 0.213 e. The second-order valence-electron chi connectivity index (χ2n) is 9.50. The van der Waals surface area contributed by atoms with E-state index in [1.54, 1.807) is 0 Å². The van der Waals surface area contributed by atoms with Gasteiger partial charge in [0.05, 0.1) is 18.4 Å². The Labute approximate surface area is 217 Å². The average molecular weight is 534 g/mol. The third-order valence-electron chi connectivity index (χ3n) is 6.82. The van der Waals surface area contributed by atoms with Gasteiger partial charge in [-0.3, -0.25) is 0 Å². The van der Waals surface area contributed by atoms with Gasteiger partial charge in [0.25, 0.3) is 0 Å². The molecule has 0 radical (unpaired) electrons. The van der Waals surface area contributed by atoms with Gasteiger partial charge >= 0.3 is 0 Å². The van der Waals surface area contributed by atoms with Crippen molar-refractivity contribution < 1.29 is 9.47 Å². The van der Waals surface area contributed by atoms with E-state index in [4.69, 9.17) is 14.6 Å². The number of hydrogen-bond acceptors (Lipinski definition) is 4. The Balaban J connectivity index is 1.36. The number of fused-ring (bicyclic) bond motifs is 3. The van der Waals surface area contributed by atoms with E-state index in [-0.39, 0.29) is 12.3 Å². The van der Waals surface area contributed by atoms with Gasteiger partial charge in [-0.1, -0.05) is 78.4 Å². The van der Waals surface area contributed by atoms with Crippen molar-refractivity contribution in [3.63, 3.8) is 0 Å². The summed E-state index contributed by atoms with van der Waals surface area (Å²) >= 11 is 3.64. The highest BCUT2D eigenvalue weighted by atomic mass is 79.9. The highest BCUT2D eigenvalue weighted by Crippen LogP contribution is 2.48. The summed E-state index contributed by atoms with van der Waals surface area (Å²) in [6.07, 6.45) is 6.77. The number of hydrazone groups is 1. The maximum atomic E-state index is 6.52. The average Bonchev–Trinajstić information content (AvgIpc) is 3.32. The van der Waals surface area contributed by atoms with Gasteiger partial charge in [0.1, 0.15) is 11.5 Å². The van der Waals surface area contributed by atoms with E-state index in [1.807, 2.05) is 6.07 Å². The van der Waals surface area contributed by atoms with E-state index in [1.165, 1.54) is 42.4 Å². The van der Waals surface area contributed by atoms with Gasteiger partial charge in [0.2, 0.25) is 6.23 Å². The molecule has 2 atom stereocenters. The molecule has 2 aliphatic rings. The van der Waals surface area contributed by atoms with Crippen molar-refractivity contribution in [2.75, 3.05) is 6.61 Å². The largest absolute Gasteiger partial charge is 0.494 e. The van der Waals surface area contributed by atoms with Crippen LogP contribution in [0.5, 0.6) is 11.5 Å². The molecule has 0 unspecified atom stereocenters. The van der Waals surface area contributed by atoms with E-state index in [2.05, 4.69) is 95.5 Å². The number of ether oxygens (including phenoxy) is 2. The topological polar surface area (TPSA) is 34.1 Å². The molecule has 2 heterocycles. The van der Waals surface area contributed by atoms with Crippen LogP contribution in [0.4, 0.5) is 0 Å². The molecule has 0 saturated heterocycles. The Morgan fingerprint density at radius 3 is 2.51 bits per heavy atom. The summed E-state index contributed by atoms with van der Waals surface area (Å²) in [5.74, 6) is 1.83. The lowest BCUT2D eigenvalue weighted by atomic mass is 9.95. The Kier molecular flexibility index (Phi) is 7.43. The summed E-state index contributed by atoms with van der Waals surface area (Å²) in [6.45, 7) is 5.12. The summed E-state index contributed by atoms with van der Waals surface area (Å²) in [5.41, 5.74) is 5.77. The van der Waals surface area contributed by atoms with Crippen molar-refractivity contribution in [1.29, 1.82) is 0 Å². The summed E-state index contributed by atoms with van der Waals surface area (Å²) in [5, 5.41) is 7.21. The first kappa shape index (κ1) is 23.9. The van der Waals surface area contributed by atoms with E-state index >= 15 is 0 Å². The summed E-state index contributed by atoms with van der Waals surface area (Å²) < 4.78 is 13.6. The lowest BCUT2D eigenvalue weighted by Crippen LogP contribution is -2.33. The minimum Gasteiger partial charge on any atom is -0.494 e. The molecular weight excluding hydrogens is 500 g/mol. The summed E-state index contributed by atoms with van der Waals surface area (Å²) in [7, 11) is 0. The van der Waals surface area contributed by atoms with Crippen molar-refractivity contribution >= 4 is 21.6 Å². The number of halogens is 1. The van der Waals surface area contributed by atoms with Crippen LogP contribution in [0.25, 0.3) is 0 Å². The van der Waals surface area contributed by atoms with Crippen LogP contribution < -0.4 is 9.47 Å². The van der Waals surface area contributed by atoms with Crippen LogP contribution in [0.3, 0.4) is 0 Å². The van der Waals surface area contributed by atoms with Crippen molar-refractivity contribution in [2.24, 2.45) is 5.10 Å². The van der Waals surface area contributed by atoms with Crippen LogP contribution in [0, 0.1) is 6.92 Å². The highest BCUT2D eigenvalue weighted by molar-refractivity contribution is 9.10. The van der Waals surface area contributed by atoms with Crippen molar-refractivity contribution in [2.45, 2.75) is 64.6 Å². The molecule has 3 aromatic rings. The fourth-order valence-corrected chi connectivity index (χ4v) is 5.20. The molecule has 3 aromatic carbocycles.